The molecule has 2 nitrogen and oxygen atoms in total. The van der Waals surface area contributed by atoms with Crippen LogP contribution >= 0.6 is 0 Å². The fourth-order valence-corrected chi connectivity index (χ4v) is 0.479. The zero-order valence-electron chi connectivity index (χ0n) is 6.07. The molecule has 1 N–H and O–H groups in total. The van der Waals surface area contributed by atoms with Crippen molar-refractivity contribution in [3.8, 4) is 0 Å². The van der Waals surface area contributed by atoms with E-state index in [4.69, 9.17) is 0 Å². The Kier molecular flexibility index (Phi) is 5.01. The van der Waals surface area contributed by atoms with Crippen LogP contribution in [-0.4, -0.2) is 38.6 Å². The lowest BCUT2D eigenvalue weighted by molar-refractivity contribution is 0.402. The lowest BCUT2D eigenvalue weighted by Gasteiger charge is -2.08. The largest absolute Gasteiger partial charge is 0.316 e. The molecule has 52 valence electrons. The van der Waals surface area contributed by atoms with Gasteiger partial charge in [0.15, 0.2) is 0 Å². The van der Waals surface area contributed by atoms with E-state index < -0.39 is 0 Å². The van der Waals surface area contributed by atoms with Crippen LogP contribution in [-0.2, 0) is 0 Å². The normalized spacial score (nSPS) is 10.5. The summed E-state index contributed by atoms with van der Waals surface area (Å²) in [6.45, 7) is 5.43. The van der Waals surface area contributed by atoms with Gasteiger partial charge in [-0.15, -0.1) is 0 Å². The minimum Gasteiger partial charge on any atom is -0.316 e. The van der Waals surface area contributed by atoms with E-state index in [1.165, 1.54) is 0 Å². The molecule has 0 aromatic rings. The molecular formula is C6H18N2. The summed E-state index contributed by atoms with van der Waals surface area (Å²) in [5.74, 6) is 0. The third-order valence-corrected chi connectivity index (χ3v) is 0.986. The monoisotopic (exact) mass is 118 g/mol. The average Bonchev–Trinajstić information content (AvgIpc) is 1.66. The van der Waals surface area contributed by atoms with Crippen molar-refractivity contribution in [3.63, 3.8) is 0 Å². The summed E-state index contributed by atoms with van der Waals surface area (Å²) in [4.78, 5) is 2.17. The number of likely N-dealkylation sites (N-methyl/N-ethyl adjacent to an activating group) is 2. The Balaban J connectivity index is 0. The highest BCUT2D eigenvalue weighted by atomic mass is 15.1. The first-order valence-corrected chi connectivity index (χ1v) is 3.12. The molecule has 0 saturated carbocycles. The predicted octanol–water partition coefficient (Wildman–Crippen LogP) is 0.403. The Labute approximate surface area is 53.4 Å². The summed E-state index contributed by atoms with van der Waals surface area (Å²) in [6.07, 6.45) is 0. The molecule has 0 bridgehead atoms. The summed E-state index contributed by atoms with van der Waals surface area (Å²) < 4.78 is 0. The Morgan fingerprint density at radius 3 is 2.50 bits per heavy atom. The fraction of sp³-hybridized carbons (Fsp3) is 1.00. The first-order valence-electron chi connectivity index (χ1n) is 3.12. The number of hydrogen-bond acceptors (Lipinski definition) is 2. The van der Waals surface area contributed by atoms with Crippen molar-refractivity contribution in [2.45, 2.75) is 6.92 Å². The molecule has 0 spiro atoms. The first-order chi connectivity index (χ1) is 3.77. The number of nitrogens with one attached hydrogen (secondary N) is 1. The molecule has 0 aliphatic rings. The third-order valence-electron chi connectivity index (χ3n) is 0.986. The number of rotatable bonds is 4. The minimum atomic E-state index is 0. The fourth-order valence-electron chi connectivity index (χ4n) is 0.479. The summed E-state index contributed by atoms with van der Waals surface area (Å²) in [5.41, 5.74) is 0. The summed E-state index contributed by atoms with van der Waals surface area (Å²) in [6, 6.07) is 0. The van der Waals surface area contributed by atoms with Gasteiger partial charge in [0.1, 0.15) is 0 Å². The zero-order chi connectivity index (χ0) is 6.41. The predicted molar refractivity (Wildman–Crippen MR) is 39.2 cm³/mol. The smallest absolute Gasteiger partial charge is 0.0101 e. The standard InChI is InChI=1S/C6H16N2.H2/c1-4-7-5-6-8(2)3;/h7H,4-6H2,1-3H3;1H. The molecule has 2 heteroatoms. The van der Waals surface area contributed by atoms with Crippen molar-refractivity contribution in [2.24, 2.45) is 0 Å². The van der Waals surface area contributed by atoms with Crippen LogP contribution in [0.5, 0.6) is 0 Å². The highest BCUT2D eigenvalue weighted by Gasteiger charge is 1.84. The Morgan fingerprint density at radius 1 is 1.50 bits per heavy atom. The zero-order valence-corrected chi connectivity index (χ0v) is 6.07. The average molecular weight is 118 g/mol. The molecule has 8 heavy (non-hydrogen) atoms. The van der Waals surface area contributed by atoms with E-state index in [-0.39, 0.29) is 1.43 Å². The summed E-state index contributed by atoms with van der Waals surface area (Å²) in [5, 5.41) is 3.24. The third kappa shape index (κ3) is 5.92. The van der Waals surface area contributed by atoms with Gasteiger partial charge in [-0.25, -0.2) is 0 Å². The second-order valence-corrected chi connectivity index (χ2v) is 2.16. The van der Waals surface area contributed by atoms with E-state index in [9.17, 15) is 0 Å². The Bertz CT molecular complexity index is 48.3. The van der Waals surface area contributed by atoms with Crippen LogP contribution in [0.1, 0.15) is 8.35 Å². The summed E-state index contributed by atoms with van der Waals surface area (Å²) >= 11 is 0. The van der Waals surface area contributed by atoms with Gasteiger partial charge in [-0.05, 0) is 20.6 Å². The second-order valence-electron chi connectivity index (χ2n) is 2.16. The van der Waals surface area contributed by atoms with Crippen molar-refractivity contribution in [1.82, 2.24) is 10.2 Å². The van der Waals surface area contributed by atoms with Crippen molar-refractivity contribution in [1.29, 1.82) is 0 Å². The highest BCUT2D eigenvalue weighted by molar-refractivity contribution is 4.45. The van der Waals surface area contributed by atoms with Gasteiger partial charge < -0.3 is 10.2 Å². The molecule has 0 aliphatic heterocycles. The molecule has 0 heterocycles. The van der Waals surface area contributed by atoms with Gasteiger partial charge in [0.25, 0.3) is 0 Å². The summed E-state index contributed by atoms with van der Waals surface area (Å²) in [7, 11) is 4.16. The maximum Gasteiger partial charge on any atom is 0.0101 e. The van der Waals surface area contributed by atoms with Gasteiger partial charge in [0, 0.05) is 14.5 Å². The number of hydrogen-bond donors (Lipinski definition) is 1. The van der Waals surface area contributed by atoms with Crippen molar-refractivity contribution in [2.75, 3.05) is 33.7 Å². The van der Waals surface area contributed by atoms with Gasteiger partial charge in [-0.1, -0.05) is 6.92 Å². The molecule has 0 atom stereocenters. The van der Waals surface area contributed by atoms with Crippen LogP contribution < -0.4 is 5.32 Å². The molecule has 0 radical (unpaired) electrons. The molecule has 0 aliphatic carbocycles. The van der Waals surface area contributed by atoms with Gasteiger partial charge >= 0.3 is 0 Å². The highest BCUT2D eigenvalue weighted by Crippen LogP contribution is 1.68. The molecular weight excluding hydrogens is 100 g/mol. The SMILES string of the molecule is CCNCCN(C)C.[HH]. The van der Waals surface area contributed by atoms with E-state index in [0.29, 0.717) is 0 Å². The van der Waals surface area contributed by atoms with Crippen LogP contribution in [0.2, 0.25) is 0 Å². The van der Waals surface area contributed by atoms with E-state index >= 15 is 0 Å². The molecule has 0 saturated heterocycles. The van der Waals surface area contributed by atoms with Crippen molar-refractivity contribution < 1.29 is 1.43 Å². The van der Waals surface area contributed by atoms with Gasteiger partial charge in [-0.2, -0.15) is 0 Å². The van der Waals surface area contributed by atoms with Crippen molar-refractivity contribution in [3.05, 3.63) is 0 Å². The molecule has 0 aromatic heterocycles. The van der Waals surface area contributed by atoms with Gasteiger partial charge in [0.05, 0.1) is 0 Å². The number of nitrogens with zero attached hydrogens (tertiary/aromatic N) is 1. The minimum absolute atomic E-state index is 0. The first kappa shape index (κ1) is 7.92. The molecule has 0 unspecified atom stereocenters. The van der Waals surface area contributed by atoms with Gasteiger partial charge in [-0.3, -0.25) is 0 Å². The Hall–Kier alpha value is -0.0800. The second kappa shape index (κ2) is 5.06. The molecule has 0 aromatic carbocycles. The molecule has 0 fully saturated rings. The van der Waals surface area contributed by atoms with E-state index in [1.807, 2.05) is 0 Å². The van der Waals surface area contributed by atoms with Crippen molar-refractivity contribution >= 4 is 0 Å². The van der Waals surface area contributed by atoms with Crippen LogP contribution in [0.3, 0.4) is 0 Å². The van der Waals surface area contributed by atoms with Crippen LogP contribution in [0.4, 0.5) is 0 Å². The lowest BCUT2D eigenvalue weighted by atomic mass is 10.5. The maximum absolute atomic E-state index is 3.24. The van der Waals surface area contributed by atoms with Crippen LogP contribution in [0, 0.1) is 0 Å². The quantitative estimate of drug-likeness (QED) is 0.538. The topological polar surface area (TPSA) is 15.3 Å². The Morgan fingerprint density at radius 2 is 2.12 bits per heavy atom. The molecule has 0 amide bonds. The maximum atomic E-state index is 3.24. The van der Waals surface area contributed by atoms with E-state index in [1.54, 1.807) is 0 Å². The molecule has 0 rings (SSSR count). The van der Waals surface area contributed by atoms with E-state index in [0.717, 1.165) is 19.6 Å². The van der Waals surface area contributed by atoms with Crippen LogP contribution in [0.15, 0.2) is 0 Å². The van der Waals surface area contributed by atoms with E-state index in [2.05, 4.69) is 31.2 Å². The van der Waals surface area contributed by atoms with Crippen LogP contribution in [0.25, 0.3) is 0 Å². The lowest BCUT2D eigenvalue weighted by Crippen LogP contribution is -2.26. The van der Waals surface area contributed by atoms with Gasteiger partial charge in [0.2, 0.25) is 0 Å².